The van der Waals surface area contributed by atoms with Gasteiger partial charge in [-0.15, -0.1) is 11.8 Å². The first kappa shape index (κ1) is 13.4. The van der Waals surface area contributed by atoms with E-state index >= 15 is 0 Å². The summed E-state index contributed by atoms with van der Waals surface area (Å²) >= 11 is 6.56. The minimum absolute atomic E-state index is 0.0517. The SMILES string of the molecule is CC(C(N)=S)N(C)C(=O)C1Cc2ccccc2S1. The molecule has 0 saturated heterocycles. The van der Waals surface area contributed by atoms with E-state index in [0.29, 0.717) is 4.99 Å². The maximum Gasteiger partial charge on any atom is 0.236 e. The van der Waals surface area contributed by atoms with Crippen LogP contribution < -0.4 is 5.73 Å². The highest BCUT2D eigenvalue weighted by atomic mass is 32.2. The van der Waals surface area contributed by atoms with E-state index in [9.17, 15) is 4.79 Å². The number of hydrogen-bond acceptors (Lipinski definition) is 3. The summed E-state index contributed by atoms with van der Waals surface area (Å²) in [6, 6.07) is 7.95. The topological polar surface area (TPSA) is 46.3 Å². The van der Waals surface area contributed by atoms with Crippen molar-refractivity contribution in [3.8, 4) is 0 Å². The second-order valence-electron chi connectivity index (χ2n) is 4.45. The number of hydrogen-bond donors (Lipinski definition) is 1. The predicted octanol–water partition coefficient (Wildman–Crippen LogP) is 1.84. The fourth-order valence-corrected chi connectivity index (χ4v) is 3.38. The van der Waals surface area contributed by atoms with E-state index in [4.69, 9.17) is 18.0 Å². The number of nitrogens with two attached hydrogens (primary N) is 1. The van der Waals surface area contributed by atoms with E-state index in [1.807, 2.05) is 19.1 Å². The Bertz CT molecular complexity index is 465. The van der Waals surface area contributed by atoms with Crippen molar-refractivity contribution in [2.24, 2.45) is 5.73 Å². The van der Waals surface area contributed by atoms with Crippen LogP contribution in [0, 0.1) is 0 Å². The quantitative estimate of drug-likeness (QED) is 0.858. The van der Waals surface area contributed by atoms with Gasteiger partial charge in [-0.05, 0) is 25.0 Å². The summed E-state index contributed by atoms with van der Waals surface area (Å²) in [5.41, 5.74) is 6.84. The molecule has 1 aromatic carbocycles. The zero-order valence-corrected chi connectivity index (χ0v) is 12.1. The third-order valence-electron chi connectivity index (χ3n) is 3.26. The zero-order valence-electron chi connectivity index (χ0n) is 10.4. The molecule has 1 amide bonds. The Morgan fingerprint density at radius 2 is 2.22 bits per heavy atom. The van der Waals surface area contributed by atoms with E-state index in [0.717, 1.165) is 6.42 Å². The third-order valence-corrected chi connectivity index (χ3v) is 4.91. The van der Waals surface area contributed by atoms with E-state index in [2.05, 4.69) is 12.1 Å². The van der Waals surface area contributed by atoms with E-state index in [1.54, 1.807) is 23.7 Å². The first-order valence-corrected chi connectivity index (χ1v) is 7.10. The molecule has 0 radical (unpaired) electrons. The van der Waals surface area contributed by atoms with Gasteiger partial charge in [0.05, 0.1) is 16.3 Å². The number of benzene rings is 1. The normalized spacial score (nSPS) is 19.1. The van der Waals surface area contributed by atoms with E-state index in [1.165, 1.54) is 10.5 Å². The first-order chi connectivity index (χ1) is 8.50. The molecule has 0 bridgehead atoms. The van der Waals surface area contributed by atoms with Crippen LogP contribution in [0.2, 0.25) is 0 Å². The van der Waals surface area contributed by atoms with Crippen LogP contribution in [-0.4, -0.2) is 34.1 Å². The van der Waals surface area contributed by atoms with Gasteiger partial charge in [-0.2, -0.15) is 0 Å². The summed E-state index contributed by atoms with van der Waals surface area (Å²) in [6.07, 6.45) is 0.786. The number of amides is 1. The van der Waals surface area contributed by atoms with Gasteiger partial charge in [-0.3, -0.25) is 4.79 Å². The maximum atomic E-state index is 12.3. The molecule has 2 unspecified atom stereocenters. The number of fused-ring (bicyclic) bond motifs is 1. The zero-order chi connectivity index (χ0) is 13.3. The smallest absolute Gasteiger partial charge is 0.236 e. The Morgan fingerprint density at radius 1 is 1.56 bits per heavy atom. The van der Waals surface area contributed by atoms with Crippen LogP contribution >= 0.6 is 24.0 Å². The third kappa shape index (κ3) is 2.52. The molecule has 1 aromatic rings. The molecule has 1 heterocycles. The summed E-state index contributed by atoms with van der Waals surface area (Å²) in [5.74, 6) is 0.0940. The van der Waals surface area contributed by atoms with Crippen molar-refractivity contribution in [1.29, 1.82) is 0 Å². The standard InChI is InChI=1S/C13H16N2OS2/c1-8(12(14)17)15(2)13(16)11-7-9-5-3-4-6-10(9)18-11/h3-6,8,11H,7H2,1-2H3,(H2,14,17). The summed E-state index contributed by atoms with van der Waals surface area (Å²) in [7, 11) is 1.76. The second-order valence-corrected chi connectivity index (χ2v) is 6.16. The second kappa shape index (κ2) is 5.28. The van der Waals surface area contributed by atoms with E-state index in [-0.39, 0.29) is 17.2 Å². The van der Waals surface area contributed by atoms with Crippen molar-refractivity contribution in [3.63, 3.8) is 0 Å². The molecule has 2 rings (SSSR count). The van der Waals surface area contributed by atoms with Crippen LogP contribution in [0.25, 0.3) is 0 Å². The molecule has 18 heavy (non-hydrogen) atoms. The Kier molecular flexibility index (Phi) is 3.92. The molecule has 0 aliphatic carbocycles. The largest absolute Gasteiger partial charge is 0.392 e. The Labute approximate surface area is 117 Å². The molecule has 2 atom stereocenters. The van der Waals surface area contributed by atoms with Gasteiger partial charge in [0.2, 0.25) is 5.91 Å². The summed E-state index contributed by atoms with van der Waals surface area (Å²) in [5, 5.41) is -0.0517. The van der Waals surface area contributed by atoms with Crippen molar-refractivity contribution >= 4 is 34.9 Å². The summed E-state index contributed by atoms with van der Waals surface area (Å²) < 4.78 is 0. The van der Waals surface area contributed by atoms with Crippen molar-refractivity contribution in [1.82, 2.24) is 4.90 Å². The number of carbonyl (C=O) groups is 1. The Balaban J connectivity index is 2.07. The lowest BCUT2D eigenvalue weighted by atomic mass is 10.1. The molecule has 0 aromatic heterocycles. The summed E-state index contributed by atoms with van der Waals surface area (Å²) in [6.45, 7) is 1.85. The molecule has 2 N–H and O–H groups in total. The number of carbonyl (C=O) groups excluding carboxylic acids is 1. The molecule has 0 fully saturated rings. The monoisotopic (exact) mass is 280 g/mol. The predicted molar refractivity (Wildman–Crippen MR) is 78.8 cm³/mol. The van der Waals surface area contributed by atoms with Crippen LogP contribution in [0.1, 0.15) is 12.5 Å². The van der Waals surface area contributed by atoms with Crippen LogP contribution in [0.4, 0.5) is 0 Å². The fourth-order valence-electron chi connectivity index (χ4n) is 1.93. The number of thiocarbonyl (C=S) groups is 1. The molecule has 3 nitrogen and oxygen atoms in total. The Hall–Kier alpha value is -1.07. The number of nitrogens with zero attached hydrogens (tertiary/aromatic N) is 1. The highest BCUT2D eigenvalue weighted by Gasteiger charge is 2.31. The fraction of sp³-hybridized carbons (Fsp3) is 0.385. The molecule has 0 spiro atoms. The molecule has 1 aliphatic rings. The Morgan fingerprint density at radius 3 is 2.83 bits per heavy atom. The number of thioether (sulfide) groups is 1. The minimum Gasteiger partial charge on any atom is -0.392 e. The van der Waals surface area contributed by atoms with Gasteiger partial charge in [-0.25, -0.2) is 0 Å². The van der Waals surface area contributed by atoms with Crippen molar-refractivity contribution in [3.05, 3.63) is 29.8 Å². The maximum absolute atomic E-state index is 12.3. The van der Waals surface area contributed by atoms with Crippen LogP contribution in [0.15, 0.2) is 29.2 Å². The van der Waals surface area contributed by atoms with Gasteiger partial charge in [0, 0.05) is 11.9 Å². The van der Waals surface area contributed by atoms with E-state index < -0.39 is 0 Å². The van der Waals surface area contributed by atoms with Crippen molar-refractivity contribution in [2.75, 3.05) is 7.05 Å². The summed E-state index contributed by atoms with van der Waals surface area (Å²) in [4.78, 5) is 15.5. The number of likely N-dealkylation sites (N-methyl/N-ethyl adjacent to an activating group) is 1. The highest BCUT2D eigenvalue weighted by molar-refractivity contribution is 8.01. The van der Waals surface area contributed by atoms with Crippen LogP contribution in [0.5, 0.6) is 0 Å². The average molecular weight is 280 g/mol. The van der Waals surface area contributed by atoms with Crippen molar-refractivity contribution in [2.45, 2.75) is 29.5 Å². The molecule has 5 heteroatoms. The van der Waals surface area contributed by atoms with Gasteiger partial charge in [0.1, 0.15) is 0 Å². The first-order valence-electron chi connectivity index (χ1n) is 5.81. The van der Waals surface area contributed by atoms with Crippen LogP contribution in [-0.2, 0) is 11.2 Å². The lowest BCUT2D eigenvalue weighted by Crippen LogP contribution is -2.46. The van der Waals surface area contributed by atoms with Crippen LogP contribution in [0.3, 0.4) is 0 Å². The van der Waals surface area contributed by atoms with Gasteiger partial charge in [0.25, 0.3) is 0 Å². The molecular weight excluding hydrogens is 264 g/mol. The molecule has 0 saturated carbocycles. The lowest BCUT2D eigenvalue weighted by molar-refractivity contribution is -0.129. The average Bonchev–Trinajstić information content (AvgIpc) is 2.79. The highest BCUT2D eigenvalue weighted by Crippen LogP contribution is 2.37. The number of rotatable bonds is 3. The lowest BCUT2D eigenvalue weighted by Gasteiger charge is -2.26. The van der Waals surface area contributed by atoms with Gasteiger partial charge in [-0.1, -0.05) is 30.4 Å². The molecule has 96 valence electrons. The van der Waals surface area contributed by atoms with Gasteiger partial charge in [0.15, 0.2) is 0 Å². The van der Waals surface area contributed by atoms with Gasteiger partial charge >= 0.3 is 0 Å². The van der Waals surface area contributed by atoms with Gasteiger partial charge < -0.3 is 10.6 Å². The molecular formula is C13H16N2OS2. The minimum atomic E-state index is -0.197. The van der Waals surface area contributed by atoms with Crippen molar-refractivity contribution < 1.29 is 4.79 Å². The molecule has 1 aliphatic heterocycles.